The summed E-state index contributed by atoms with van der Waals surface area (Å²) in [5.41, 5.74) is 1.49. The minimum absolute atomic E-state index is 0.0922. The van der Waals surface area contributed by atoms with E-state index in [4.69, 9.17) is 9.26 Å². The molecule has 2 aromatic heterocycles. The SMILES string of the molecule is CCOC(=O)c1cccc(NS(=O)(=O)c2ccc(C=Cc3onc(C)c3NC(C)=O)s2)c1. The summed E-state index contributed by atoms with van der Waals surface area (Å²) in [4.78, 5) is 23.9. The fraction of sp³-hybridized carbons (Fsp3) is 0.190. The Morgan fingerprint density at radius 3 is 2.72 bits per heavy atom. The minimum atomic E-state index is -3.86. The first-order valence-electron chi connectivity index (χ1n) is 9.51. The van der Waals surface area contributed by atoms with Gasteiger partial charge in [-0.3, -0.25) is 9.52 Å². The number of rotatable bonds is 8. The Morgan fingerprint density at radius 1 is 1.22 bits per heavy atom. The van der Waals surface area contributed by atoms with E-state index in [1.54, 1.807) is 50.3 Å². The maximum atomic E-state index is 12.8. The van der Waals surface area contributed by atoms with Gasteiger partial charge in [0.15, 0.2) is 5.76 Å². The summed E-state index contributed by atoms with van der Waals surface area (Å²) < 4.78 is 38.2. The number of hydrogen-bond acceptors (Lipinski definition) is 8. The second kappa shape index (κ2) is 9.79. The molecule has 2 heterocycles. The summed E-state index contributed by atoms with van der Waals surface area (Å²) in [5.74, 6) is -0.434. The predicted octanol–water partition coefficient (Wildman–Crippen LogP) is 4.15. The number of nitrogens with zero attached hydrogens (tertiary/aromatic N) is 1. The lowest BCUT2D eigenvalue weighted by molar-refractivity contribution is -0.114. The summed E-state index contributed by atoms with van der Waals surface area (Å²) in [5, 5.41) is 6.48. The fourth-order valence-electron chi connectivity index (χ4n) is 2.68. The van der Waals surface area contributed by atoms with E-state index in [9.17, 15) is 18.0 Å². The third-order valence-corrected chi connectivity index (χ3v) is 7.01. The number of anilines is 2. The molecule has 0 bridgehead atoms. The van der Waals surface area contributed by atoms with Crippen molar-refractivity contribution in [2.75, 3.05) is 16.6 Å². The zero-order valence-corrected chi connectivity index (χ0v) is 19.2. The predicted molar refractivity (Wildman–Crippen MR) is 122 cm³/mol. The number of thiophene rings is 1. The van der Waals surface area contributed by atoms with Crippen molar-refractivity contribution in [3.8, 4) is 0 Å². The normalized spacial score (nSPS) is 11.5. The molecule has 32 heavy (non-hydrogen) atoms. The van der Waals surface area contributed by atoms with Crippen molar-refractivity contribution in [1.29, 1.82) is 0 Å². The topological polar surface area (TPSA) is 128 Å². The van der Waals surface area contributed by atoms with Gasteiger partial charge >= 0.3 is 5.97 Å². The Kier molecular flexibility index (Phi) is 7.11. The second-order valence-corrected chi connectivity index (χ2v) is 9.61. The third-order valence-electron chi connectivity index (χ3n) is 4.08. The molecule has 9 nitrogen and oxygen atoms in total. The number of aryl methyl sites for hydroxylation is 1. The zero-order valence-electron chi connectivity index (χ0n) is 17.5. The number of carbonyl (C=O) groups excluding carboxylic acids is 2. The van der Waals surface area contributed by atoms with E-state index in [0.29, 0.717) is 22.0 Å². The molecule has 2 N–H and O–H groups in total. The van der Waals surface area contributed by atoms with Crippen LogP contribution in [0.3, 0.4) is 0 Å². The molecule has 0 saturated carbocycles. The molecule has 0 aliphatic heterocycles. The van der Waals surface area contributed by atoms with Crippen LogP contribution in [0.2, 0.25) is 0 Å². The Balaban J connectivity index is 1.76. The zero-order chi connectivity index (χ0) is 23.3. The van der Waals surface area contributed by atoms with E-state index >= 15 is 0 Å². The molecule has 0 atom stereocenters. The number of esters is 1. The number of carbonyl (C=O) groups is 2. The highest BCUT2D eigenvalue weighted by Crippen LogP contribution is 2.27. The average molecular weight is 476 g/mol. The van der Waals surface area contributed by atoms with Crippen molar-refractivity contribution in [3.05, 3.63) is 58.3 Å². The molecule has 0 saturated heterocycles. The monoisotopic (exact) mass is 475 g/mol. The second-order valence-electron chi connectivity index (χ2n) is 6.59. The van der Waals surface area contributed by atoms with Gasteiger partial charge in [0.25, 0.3) is 10.0 Å². The number of nitrogens with one attached hydrogen (secondary N) is 2. The van der Waals surface area contributed by atoms with Crippen molar-refractivity contribution in [2.24, 2.45) is 0 Å². The Hall–Kier alpha value is -3.44. The van der Waals surface area contributed by atoms with Crippen molar-refractivity contribution >= 4 is 56.8 Å². The van der Waals surface area contributed by atoms with Gasteiger partial charge in [-0.15, -0.1) is 11.3 Å². The quantitative estimate of drug-likeness (QED) is 0.468. The van der Waals surface area contributed by atoms with Gasteiger partial charge in [-0.1, -0.05) is 11.2 Å². The Morgan fingerprint density at radius 2 is 2.00 bits per heavy atom. The van der Waals surface area contributed by atoms with Crippen molar-refractivity contribution in [3.63, 3.8) is 0 Å². The minimum Gasteiger partial charge on any atom is -0.462 e. The molecule has 168 valence electrons. The number of sulfonamides is 1. The summed E-state index contributed by atoms with van der Waals surface area (Å²) >= 11 is 1.05. The maximum Gasteiger partial charge on any atom is 0.338 e. The van der Waals surface area contributed by atoms with E-state index in [1.165, 1.54) is 19.1 Å². The molecule has 3 aromatic rings. The number of amides is 1. The highest BCUT2D eigenvalue weighted by Gasteiger charge is 2.18. The van der Waals surface area contributed by atoms with Gasteiger partial charge in [0.2, 0.25) is 5.91 Å². The molecular formula is C21H21N3O6S2. The van der Waals surface area contributed by atoms with Gasteiger partial charge in [-0.05, 0) is 56.3 Å². The van der Waals surface area contributed by atoms with Crippen LogP contribution in [0.15, 0.2) is 45.1 Å². The van der Waals surface area contributed by atoms with Crippen molar-refractivity contribution in [2.45, 2.75) is 25.0 Å². The fourth-order valence-corrected chi connectivity index (χ4v) is 4.96. The number of ether oxygens (including phenoxy) is 1. The summed E-state index contributed by atoms with van der Waals surface area (Å²) in [6.45, 7) is 4.99. The van der Waals surface area contributed by atoms with Crippen LogP contribution in [0.1, 0.15) is 40.5 Å². The molecule has 0 spiro atoms. The average Bonchev–Trinajstić information content (AvgIpc) is 3.34. The molecule has 3 rings (SSSR count). The molecule has 11 heteroatoms. The number of benzene rings is 1. The lowest BCUT2D eigenvalue weighted by Gasteiger charge is -2.08. The van der Waals surface area contributed by atoms with Gasteiger partial charge in [0.1, 0.15) is 15.6 Å². The van der Waals surface area contributed by atoms with Crippen LogP contribution in [-0.2, 0) is 19.6 Å². The van der Waals surface area contributed by atoms with Crippen LogP contribution in [0.4, 0.5) is 11.4 Å². The first kappa shape index (κ1) is 23.2. The van der Waals surface area contributed by atoms with Crippen LogP contribution >= 0.6 is 11.3 Å². The highest BCUT2D eigenvalue weighted by molar-refractivity contribution is 7.94. The van der Waals surface area contributed by atoms with Crippen LogP contribution in [0.5, 0.6) is 0 Å². The summed E-state index contributed by atoms with van der Waals surface area (Å²) in [6, 6.07) is 9.20. The molecule has 1 amide bonds. The Labute approximate surface area is 189 Å². The van der Waals surface area contributed by atoms with E-state index in [1.807, 2.05) is 0 Å². The largest absolute Gasteiger partial charge is 0.462 e. The Bertz CT molecular complexity index is 1270. The molecule has 0 radical (unpaired) electrons. The van der Waals surface area contributed by atoms with Gasteiger partial charge < -0.3 is 14.6 Å². The first-order chi connectivity index (χ1) is 15.2. The lowest BCUT2D eigenvalue weighted by atomic mass is 10.2. The van der Waals surface area contributed by atoms with E-state index in [2.05, 4.69) is 15.2 Å². The highest BCUT2D eigenvalue weighted by atomic mass is 32.2. The van der Waals surface area contributed by atoms with Gasteiger partial charge in [-0.2, -0.15) is 0 Å². The molecule has 0 fully saturated rings. The first-order valence-corrected chi connectivity index (χ1v) is 11.8. The van der Waals surface area contributed by atoms with Crippen molar-refractivity contribution < 1.29 is 27.3 Å². The molecule has 0 unspecified atom stereocenters. The lowest BCUT2D eigenvalue weighted by Crippen LogP contribution is -2.12. The molecule has 0 aliphatic rings. The number of aromatic nitrogens is 1. The van der Waals surface area contributed by atoms with E-state index in [0.717, 1.165) is 11.3 Å². The molecular weight excluding hydrogens is 454 g/mol. The third kappa shape index (κ3) is 5.62. The molecule has 1 aromatic carbocycles. The van der Waals surface area contributed by atoms with E-state index < -0.39 is 16.0 Å². The van der Waals surface area contributed by atoms with Crippen molar-refractivity contribution in [1.82, 2.24) is 5.16 Å². The number of hydrogen-bond donors (Lipinski definition) is 2. The van der Waals surface area contributed by atoms with Crippen LogP contribution in [0, 0.1) is 6.92 Å². The maximum absolute atomic E-state index is 12.8. The molecule has 0 aliphatic carbocycles. The van der Waals surface area contributed by atoms with E-state index in [-0.39, 0.29) is 28.0 Å². The van der Waals surface area contributed by atoms with Crippen LogP contribution < -0.4 is 10.0 Å². The smallest absolute Gasteiger partial charge is 0.338 e. The van der Waals surface area contributed by atoms with Crippen LogP contribution in [0.25, 0.3) is 12.2 Å². The summed E-state index contributed by atoms with van der Waals surface area (Å²) in [7, 11) is -3.86. The van der Waals surface area contributed by atoms with Gasteiger partial charge in [0, 0.05) is 17.5 Å². The van der Waals surface area contributed by atoms with Crippen LogP contribution in [-0.4, -0.2) is 32.1 Å². The van der Waals surface area contributed by atoms with Gasteiger partial charge in [-0.25, -0.2) is 13.2 Å². The summed E-state index contributed by atoms with van der Waals surface area (Å²) in [6.07, 6.45) is 3.26. The standard InChI is InChI=1S/C21H21N3O6S2/c1-4-29-21(26)15-6-5-7-16(12-15)24-32(27,28)19-11-9-17(31-19)8-10-18-20(22-14(3)25)13(2)23-30-18/h5-12,24H,4H2,1-3H3,(H,22,25). The van der Waals surface area contributed by atoms with Gasteiger partial charge in [0.05, 0.1) is 12.2 Å².